The number of hydrogen-bond acceptors (Lipinski definition) is 7. The van der Waals surface area contributed by atoms with Gasteiger partial charge in [0.25, 0.3) is 5.91 Å². The molecule has 1 atom stereocenters. The molecule has 164 valence electrons. The highest BCUT2D eigenvalue weighted by Crippen LogP contribution is 2.31. The number of furan rings is 1. The van der Waals surface area contributed by atoms with Crippen molar-refractivity contribution in [3.8, 4) is 17.2 Å². The van der Waals surface area contributed by atoms with Gasteiger partial charge in [0, 0.05) is 6.54 Å². The molecule has 0 bridgehead atoms. The molecule has 0 aliphatic carbocycles. The number of rotatable bonds is 9. The van der Waals surface area contributed by atoms with Crippen LogP contribution in [0.25, 0.3) is 0 Å². The number of carbonyl (C=O) groups is 1. The Morgan fingerprint density at radius 3 is 2.10 bits per heavy atom. The van der Waals surface area contributed by atoms with Crippen molar-refractivity contribution in [3.05, 3.63) is 72.2 Å². The first-order chi connectivity index (χ1) is 14.9. The van der Waals surface area contributed by atoms with E-state index < -0.39 is 21.0 Å². The van der Waals surface area contributed by atoms with Gasteiger partial charge in [-0.3, -0.25) is 4.79 Å². The van der Waals surface area contributed by atoms with Crippen LogP contribution in [-0.2, 0) is 9.84 Å². The lowest BCUT2D eigenvalue weighted by Gasteiger charge is -2.18. The normalized spacial score (nSPS) is 12.1. The second-order valence-electron chi connectivity index (χ2n) is 6.47. The van der Waals surface area contributed by atoms with Crippen LogP contribution in [0.3, 0.4) is 0 Å². The molecule has 9 heteroatoms. The lowest BCUT2D eigenvalue weighted by Crippen LogP contribution is -2.32. The van der Waals surface area contributed by atoms with Gasteiger partial charge in [0.15, 0.2) is 9.84 Å². The predicted molar refractivity (Wildman–Crippen MR) is 114 cm³/mol. The first kappa shape index (κ1) is 22.2. The monoisotopic (exact) mass is 445 g/mol. The molecule has 1 amide bonds. The van der Waals surface area contributed by atoms with E-state index in [1.165, 1.54) is 39.7 Å². The highest BCUT2D eigenvalue weighted by atomic mass is 32.2. The largest absolute Gasteiger partial charge is 0.497 e. The summed E-state index contributed by atoms with van der Waals surface area (Å²) in [6, 6.07) is 14.1. The summed E-state index contributed by atoms with van der Waals surface area (Å²) >= 11 is 0. The molecule has 0 radical (unpaired) electrons. The molecule has 0 aliphatic heterocycles. The highest BCUT2D eigenvalue weighted by Gasteiger charge is 2.32. The van der Waals surface area contributed by atoms with E-state index >= 15 is 0 Å². The van der Waals surface area contributed by atoms with Crippen LogP contribution in [0.1, 0.15) is 21.4 Å². The summed E-state index contributed by atoms with van der Waals surface area (Å²) in [7, 11) is 0.484. The standard InChI is InChI=1S/C22H23NO7S/c1-27-15-9-11-16(12-10-15)31(25,26)20(17-8-5-13-30-17)14-23-22(24)21-18(28-2)6-4-7-19(21)29-3/h4-13,20H,14H2,1-3H3,(H,23,24). The van der Waals surface area contributed by atoms with E-state index in [2.05, 4.69) is 5.32 Å². The minimum atomic E-state index is -3.88. The van der Waals surface area contributed by atoms with Crippen LogP contribution in [0.15, 0.2) is 70.2 Å². The number of ether oxygens (including phenoxy) is 3. The molecule has 2 aromatic carbocycles. The summed E-state index contributed by atoms with van der Waals surface area (Å²) in [6.45, 7) is -0.220. The van der Waals surface area contributed by atoms with Crippen molar-refractivity contribution in [1.29, 1.82) is 0 Å². The van der Waals surface area contributed by atoms with E-state index in [0.717, 1.165) is 0 Å². The van der Waals surface area contributed by atoms with Crippen LogP contribution in [0.5, 0.6) is 17.2 Å². The first-order valence-electron chi connectivity index (χ1n) is 9.33. The summed E-state index contributed by atoms with van der Waals surface area (Å²) in [6.07, 6.45) is 1.39. The summed E-state index contributed by atoms with van der Waals surface area (Å²) in [5.74, 6) is 0.831. The summed E-state index contributed by atoms with van der Waals surface area (Å²) in [4.78, 5) is 13.0. The van der Waals surface area contributed by atoms with Crippen LogP contribution in [-0.4, -0.2) is 42.2 Å². The molecular weight excluding hydrogens is 422 g/mol. The Morgan fingerprint density at radius 2 is 1.58 bits per heavy atom. The minimum Gasteiger partial charge on any atom is -0.497 e. The van der Waals surface area contributed by atoms with Crippen molar-refractivity contribution < 1.29 is 31.8 Å². The molecule has 0 fully saturated rings. The fourth-order valence-corrected chi connectivity index (χ4v) is 4.70. The van der Waals surface area contributed by atoms with Gasteiger partial charge < -0.3 is 23.9 Å². The third-order valence-electron chi connectivity index (χ3n) is 4.73. The zero-order valence-corrected chi connectivity index (χ0v) is 18.1. The van der Waals surface area contributed by atoms with E-state index in [1.54, 1.807) is 42.5 Å². The van der Waals surface area contributed by atoms with Crippen LogP contribution >= 0.6 is 0 Å². The number of benzene rings is 2. The minimum absolute atomic E-state index is 0.0822. The molecule has 0 spiro atoms. The Labute approximate surface area is 180 Å². The number of nitrogens with one attached hydrogen (secondary N) is 1. The van der Waals surface area contributed by atoms with Crippen molar-refractivity contribution in [2.45, 2.75) is 10.1 Å². The second-order valence-corrected chi connectivity index (χ2v) is 8.60. The van der Waals surface area contributed by atoms with Gasteiger partial charge in [0.05, 0.1) is 32.5 Å². The van der Waals surface area contributed by atoms with E-state index in [1.807, 2.05) is 0 Å². The Hall–Kier alpha value is -3.46. The smallest absolute Gasteiger partial charge is 0.258 e. The van der Waals surface area contributed by atoms with Gasteiger partial charge in [0.2, 0.25) is 0 Å². The summed E-state index contributed by atoms with van der Waals surface area (Å²) < 4.78 is 47.6. The fourth-order valence-electron chi connectivity index (χ4n) is 3.12. The average Bonchev–Trinajstić information content (AvgIpc) is 3.32. The van der Waals surface area contributed by atoms with Crippen molar-refractivity contribution in [1.82, 2.24) is 5.32 Å². The number of sulfone groups is 1. The molecule has 1 N–H and O–H groups in total. The Kier molecular flexibility index (Phi) is 6.86. The van der Waals surface area contributed by atoms with Crippen LogP contribution in [0.2, 0.25) is 0 Å². The second kappa shape index (κ2) is 9.57. The average molecular weight is 445 g/mol. The van der Waals surface area contributed by atoms with Crippen LogP contribution < -0.4 is 19.5 Å². The van der Waals surface area contributed by atoms with E-state index in [9.17, 15) is 13.2 Å². The Balaban J connectivity index is 1.91. The molecule has 31 heavy (non-hydrogen) atoms. The van der Waals surface area contributed by atoms with Crippen LogP contribution in [0, 0.1) is 0 Å². The fraction of sp³-hybridized carbons (Fsp3) is 0.227. The number of carbonyl (C=O) groups excluding carboxylic acids is 1. The third kappa shape index (κ3) is 4.66. The maximum atomic E-state index is 13.3. The molecule has 0 saturated carbocycles. The molecule has 1 heterocycles. The summed E-state index contributed by atoms with van der Waals surface area (Å²) in [5.41, 5.74) is 0.174. The van der Waals surface area contributed by atoms with Crippen LogP contribution in [0.4, 0.5) is 0 Å². The van der Waals surface area contributed by atoms with Gasteiger partial charge in [-0.05, 0) is 48.5 Å². The lowest BCUT2D eigenvalue weighted by atomic mass is 10.1. The van der Waals surface area contributed by atoms with Gasteiger partial charge in [0.1, 0.15) is 33.8 Å². The molecule has 0 aliphatic rings. The zero-order chi connectivity index (χ0) is 22.4. The van der Waals surface area contributed by atoms with Gasteiger partial charge in [-0.2, -0.15) is 0 Å². The van der Waals surface area contributed by atoms with E-state index in [-0.39, 0.29) is 22.8 Å². The van der Waals surface area contributed by atoms with Gasteiger partial charge in [-0.1, -0.05) is 6.07 Å². The molecule has 1 aromatic heterocycles. The third-order valence-corrected chi connectivity index (χ3v) is 6.80. The number of amides is 1. The Morgan fingerprint density at radius 1 is 0.935 bits per heavy atom. The Bertz CT molecular complexity index is 1100. The number of hydrogen-bond donors (Lipinski definition) is 1. The summed E-state index contributed by atoms with van der Waals surface area (Å²) in [5, 5.41) is 1.53. The topological polar surface area (TPSA) is 104 Å². The maximum absolute atomic E-state index is 13.3. The van der Waals surface area contributed by atoms with Crippen molar-refractivity contribution in [3.63, 3.8) is 0 Å². The molecule has 0 saturated heterocycles. The number of methoxy groups -OCH3 is 3. The van der Waals surface area contributed by atoms with E-state index in [4.69, 9.17) is 18.6 Å². The molecule has 3 rings (SSSR count). The zero-order valence-electron chi connectivity index (χ0n) is 17.3. The quantitative estimate of drug-likeness (QED) is 0.539. The molecular formula is C22H23NO7S. The van der Waals surface area contributed by atoms with Crippen molar-refractivity contribution in [2.24, 2.45) is 0 Å². The molecule has 1 unspecified atom stereocenters. The molecule has 8 nitrogen and oxygen atoms in total. The maximum Gasteiger partial charge on any atom is 0.258 e. The predicted octanol–water partition coefficient (Wildman–Crippen LogP) is 3.25. The molecule has 3 aromatic rings. The van der Waals surface area contributed by atoms with Crippen molar-refractivity contribution in [2.75, 3.05) is 27.9 Å². The van der Waals surface area contributed by atoms with E-state index in [0.29, 0.717) is 17.2 Å². The SMILES string of the molecule is COc1ccc(S(=O)(=O)C(CNC(=O)c2c(OC)cccc2OC)c2ccco2)cc1. The van der Waals surface area contributed by atoms with Gasteiger partial charge in [-0.15, -0.1) is 0 Å². The van der Waals surface area contributed by atoms with Gasteiger partial charge >= 0.3 is 0 Å². The highest BCUT2D eigenvalue weighted by molar-refractivity contribution is 7.91. The first-order valence-corrected chi connectivity index (χ1v) is 10.9. The van der Waals surface area contributed by atoms with Gasteiger partial charge in [-0.25, -0.2) is 8.42 Å². The lowest BCUT2D eigenvalue weighted by molar-refractivity contribution is 0.0947. The van der Waals surface area contributed by atoms with Crippen molar-refractivity contribution >= 4 is 15.7 Å².